The third kappa shape index (κ3) is 5.89. The van der Waals surface area contributed by atoms with E-state index in [1.165, 1.54) is 154 Å². The fourth-order valence-corrected chi connectivity index (χ4v) is 14.1. The van der Waals surface area contributed by atoms with Crippen LogP contribution in [0.15, 0.2) is 273 Å². The molecule has 2 aliphatic carbocycles. The molecular formula is C76H45N. The van der Waals surface area contributed by atoms with Crippen molar-refractivity contribution in [2.45, 2.75) is 0 Å². The van der Waals surface area contributed by atoms with Crippen LogP contribution in [0.3, 0.4) is 0 Å². The maximum atomic E-state index is 2.46. The van der Waals surface area contributed by atoms with Gasteiger partial charge in [0.2, 0.25) is 0 Å². The van der Waals surface area contributed by atoms with E-state index in [1.807, 2.05) is 0 Å². The molecule has 0 saturated heterocycles. The zero-order valence-corrected chi connectivity index (χ0v) is 41.9. The van der Waals surface area contributed by atoms with E-state index in [0.29, 0.717) is 0 Å². The smallest absolute Gasteiger partial charge is 0.0468 e. The van der Waals surface area contributed by atoms with Gasteiger partial charge in [-0.05, 0) is 190 Å². The van der Waals surface area contributed by atoms with Crippen molar-refractivity contribution in [3.05, 3.63) is 273 Å². The first-order valence-corrected chi connectivity index (χ1v) is 26.8. The molecule has 0 radical (unpaired) electrons. The highest BCUT2D eigenvalue weighted by atomic mass is 15.1. The molecule has 0 aliphatic heterocycles. The monoisotopic (exact) mass is 971 g/mol. The number of benzene rings is 15. The zero-order valence-electron chi connectivity index (χ0n) is 41.9. The molecular weight excluding hydrogens is 927 g/mol. The van der Waals surface area contributed by atoms with Gasteiger partial charge in [0, 0.05) is 17.1 Å². The predicted molar refractivity (Wildman–Crippen MR) is 328 cm³/mol. The van der Waals surface area contributed by atoms with E-state index >= 15 is 0 Å². The fourth-order valence-electron chi connectivity index (χ4n) is 14.1. The Morgan fingerprint density at radius 2 is 0.442 bits per heavy atom. The summed E-state index contributed by atoms with van der Waals surface area (Å²) < 4.78 is 0. The molecule has 1 heteroatoms. The SMILES string of the molecule is c1ccc(-c2c3c(c(-c4ccccc4)c4ccccc24)-c2ccc4c5ccc6c7c(ccc(c8ccc-3c2c84)c75)-c2c-6c(-c3ccccc3)c3cc(N(c4ccccc4)c4ccccc4)ccc3c2-c2ccccc2)cc1. The zero-order chi connectivity index (χ0) is 50.3. The molecule has 15 aromatic carbocycles. The molecule has 2 aliphatic rings. The Labute approximate surface area is 446 Å². The van der Waals surface area contributed by atoms with E-state index < -0.39 is 0 Å². The molecule has 0 amide bonds. The number of hydrogen-bond acceptors (Lipinski definition) is 1. The minimum atomic E-state index is 1.11. The van der Waals surface area contributed by atoms with E-state index in [0.717, 1.165) is 17.1 Å². The molecule has 77 heavy (non-hydrogen) atoms. The molecule has 0 atom stereocenters. The van der Waals surface area contributed by atoms with E-state index in [-0.39, 0.29) is 0 Å². The van der Waals surface area contributed by atoms with Crippen LogP contribution in [0.5, 0.6) is 0 Å². The standard InChI is InChI=1S/C76H45N/c1-7-21-46(22-8-1)65-53-33-19-20-34-54(53)66(47-23-9-2-10-24-47)74-61-42-38-56-58-40-44-63-72-62(43-39-57(70(58)72)55-37-41-60(73(65)74)71(61)69(55)56)75-67(48-25-11-3-12-26-48)59-36-35-52(45-64(59)68(76(63)75)49-27-13-4-14-28-49)77(50-29-15-5-16-30-50)51-31-17-6-18-32-51/h1-45H. The second-order valence-electron chi connectivity index (χ2n) is 20.9. The van der Waals surface area contributed by atoms with Gasteiger partial charge >= 0.3 is 0 Å². The van der Waals surface area contributed by atoms with Crippen LogP contribution in [0.1, 0.15) is 0 Å². The van der Waals surface area contributed by atoms with Gasteiger partial charge in [0.25, 0.3) is 0 Å². The molecule has 0 N–H and O–H groups in total. The average molecular weight is 972 g/mol. The average Bonchev–Trinajstić information content (AvgIpc) is 4.25. The molecule has 0 spiro atoms. The van der Waals surface area contributed by atoms with Crippen molar-refractivity contribution in [2.75, 3.05) is 4.90 Å². The van der Waals surface area contributed by atoms with Crippen LogP contribution in [0.2, 0.25) is 0 Å². The lowest BCUT2D eigenvalue weighted by atomic mass is 9.82. The third-order valence-corrected chi connectivity index (χ3v) is 17.0. The summed E-state index contributed by atoms with van der Waals surface area (Å²) in [6.45, 7) is 0. The van der Waals surface area contributed by atoms with Crippen molar-refractivity contribution < 1.29 is 0 Å². The molecule has 354 valence electrons. The van der Waals surface area contributed by atoms with Gasteiger partial charge in [0.05, 0.1) is 0 Å². The quantitative estimate of drug-likeness (QED) is 0.114. The lowest BCUT2D eigenvalue weighted by Gasteiger charge is -2.27. The molecule has 17 rings (SSSR count). The first kappa shape index (κ1) is 42.3. The van der Waals surface area contributed by atoms with Gasteiger partial charge < -0.3 is 4.90 Å². The summed E-state index contributed by atoms with van der Waals surface area (Å²) in [5.74, 6) is 0. The van der Waals surface area contributed by atoms with Crippen molar-refractivity contribution in [3.63, 3.8) is 0 Å². The van der Waals surface area contributed by atoms with Crippen LogP contribution in [0, 0.1) is 0 Å². The first-order chi connectivity index (χ1) is 38.3. The largest absolute Gasteiger partial charge is 0.310 e. The number of nitrogens with zero attached hydrogens (tertiary/aromatic N) is 1. The first-order valence-electron chi connectivity index (χ1n) is 26.8. The summed E-state index contributed by atoms with van der Waals surface area (Å²) in [5, 5.41) is 15.6. The Morgan fingerprint density at radius 3 is 0.779 bits per heavy atom. The second kappa shape index (κ2) is 16.2. The topological polar surface area (TPSA) is 3.24 Å². The number of anilines is 3. The van der Waals surface area contributed by atoms with Crippen LogP contribution < -0.4 is 4.90 Å². The van der Waals surface area contributed by atoms with E-state index in [4.69, 9.17) is 0 Å². The van der Waals surface area contributed by atoms with E-state index in [9.17, 15) is 0 Å². The van der Waals surface area contributed by atoms with Gasteiger partial charge in [-0.3, -0.25) is 0 Å². The van der Waals surface area contributed by atoms with Gasteiger partial charge in [-0.15, -0.1) is 0 Å². The number of para-hydroxylation sites is 2. The molecule has 0 unspecified atom stereocenters. The van der Waals surface area contributed by atoms with Gasteiger partial charge in [-0.1, -0.05) is 237 Å². The van der Waals surface area contributed by atoms with Crippen molar-refractivity contribution in [2.24, 2.45) is 0 Å². The minimum Gasteiger partial charge on any atom is -0.310 e. The second-order valence-corrected chi connectivity index (χ2v) is 20.9. The highest BCUT2D eigenvalue weighted by molar-refractivity contribution is 6.42. The molecule has 0 bridgehead atoms. The number of hydrogen-bond donors (Lipinski definition) is 0. The van der Waals surface area contributed by atoms with Crippen molar-refractivity contribution in [1.29, 1.82) is 0 Å². The minimum absolute atomic E-state index is 1.11. The van der Waals surface area contributed by atoms with Crippen LogP contribution in [0.25, 0.3) is 154 Å². The van der Waals surface area contributed by atoms with E-state index in [1.54, 1.807) is 0 Å². The maximum absolute atomic E-state index is 2.46. The van der Waals surface area contributed by atoms with Crippen LogP contribution in [-0.4, -0.2) is 0 Å². The highest BCUT2D eigenvalue weighted by Gasteiger charge is 2.35. The van der Waals surface area contributed by atoms with E-state index in [2.05, 4.69) is 278 Å². The van der Waals surface area contributed by atoms with Gasteiger partial charge in [-0.25, -0.2) is 0 Å². The summed E-state index contributed by atoms with van der Waals surface area (Å²) in [4.78, 5) is 2.39. The summed E-state index contributed by atoms with van der Waals surface area (Å²) >= 11 is 0. The van der Waals surface area contributed by atoms with Gasteiger partial charge in [-0.2, -0.15) is 0 Å². The summed E-state index contributed by atoms with van der Waals surface area (Å²) in [6, 6.07) is 102. The van der Waals surface area contributed by atoms with Crippen molar-refractivity contribution in [3.8, 4) is 89.0 Å². The molecule has 0 aromatic heterocycles. The Kier molecular flexibility index (Phi) is 8.90. The third-order valence-electron chi connectivity index (χ3n) is 17.0. The van der Waals surface area contributed by atoms with Gasteiger partial charge in [0.1, 0.15) is 0 Å². The molecule has 0 heterocycles. The maximum Gasteiger partial charge on any atom is 0.0468 e. The lowest BCUT2D eigenvalue weighted by Crippen LogP contribution is -2.09. The highest BCUT2D eigenvalue weighted by Crippen LogP contribution is 2.63. The summed E-state index contributed by atoms with van der Waals surface area (Å²) in [5.41, 5.74) is 23.9. The molecule has 1 nitrogen and oxygen atoms in total. The predicted octanol–water partition coefficient (Wildman–Crippen LogP) is 21.5. The Bertz CT molecular complexity index is 4730. The number of rotatable bonds is 7. The molecule has 0 saturated carbocycles. The van der Waals surface area contributed by atoms with Crippen LogP contribution >= 0.6 is 0 Å². The van der Waals surface area contributed by atoms with Crippen molar-refractivity contribution in [1.82, 2.24) is 0 Å². The Morgan fingerprint density at radius 1 is 0.169 bits per heavy atom. The molecule has 15 aromatic rings. The van der Waals surface area contributed by atoms with Crippen LogP contribution in [-0.2, 0) is 0 Å². The summed E-state index contributed by atoms with van der Waals surface area (Å²) in [6.07, 6.45) is 0. The van der Waals surface area contributed by atoms with Crippen molar-refractivity contribution >= 4 is 81.7 Å². The Balaban J connectivity index is 0.976. The summed E-state index contributed by atoms with van der Waals surface area (Å²) in [7, 11) is 0. The van der Waals surface area contributed by atoms with Gasteiger partial charge in [0.15, 0.2) is 0 Å². The Hall–Kier alpha value is -10.1. The normalized spacial score (nSPS) is 12.2. The molecule has 0 fully saturated rings. The number of fused-ring (bicyclic) bond motifs is 10. The lowest BCUT2D eigenvalue weighted by molar-refractivity contribution is 1.29. The van der Waals surface area contributed by atoms with Crippen LogP contribution in [0.4, 0.5) is 17.1 Å². The fraction of sp³-hybridized carbons (Fsp3) is 0.